The maximum Gasteiger partial charge on any atom is 0.416 e. The number of rotatable bonds is 5. The molecule has 7 nitrogen and oxygen atoms in total. The molecule has 0 radical (unpaired) electrons. The van der Waals surface area contributed by atoms with Crippen molar-refractivity contribution in [2.24, 2.45) is 11.8 Å². The minimum atomic E-state index is -4.51. The maximum absolute atomic E-state index is 13.3. The zero-order valence-electron chi connectivity index (χ0n) is 20.3. The number of hydrogen-bond donors (Lipinski definition) is 1. The number of amides is 2. The average Bonchev–Trinajstić information content (AvgIpc) is 3.65. The first-order valence-electron chi connectivity index (χ1n) is 12.4. The number of halogens is 3. The fourth-order valence-electron chi connectivity index (χ4n) is 5.16. The van der Waals surface area contributed by atoms with Crippen molar-refractivity contribution in [3.8, 4) is 0 Å². The van der Waals surface area contributed by atoms with E-state index in [-0.39, 0.29) is 54.4 Å². The van der Waals surface area contributed by atoms with Gasteiger partial charge in [-0.2, -0.15) is 17.5 Å². The highest BCUT2D eigenvalue weighted by molar-refractivity contribution is 7.89. The molecule has 0 unspecified atom stereocenters. The van der Waals surface area contributed by atoms with Crippen LogP contribution in [0.15, 0.2) is 47.4 Å². The Balaban J connectivity index is 1.23. The molecule has 1 aliphatic carbocycles. The summed E-state index contributed by atoms with van der Waals surface area (Å²) in [6.07, 6.45) is -1.60. The number of carbonyl (C=O) groups is 2. The van der Waals surface area contributed by atoms with Gasteiger partial charge in [-0.05, 0) is 81.0 Å². The van der Waals surface area contributed by atoms with E-state index in [2.05, 4.69) is 5.32 Å². The third kappa shape index (κ3) is 5.11. The molecule has 1 atom stereocenters. The summed E-state index contributed by atoms with van der Waals surface area (Å²) >= 11 is 0. The molecule has 1 N–H and O–H groups in total. The zero-order chi connectivity index (χ0) is 26.5. The summed E-state index contributed by atoms with van der Waals surface area (Å²) < 4.78 is 66.9. The van der Waals surface area contributed by atoms with Gasteiger partial charge in [0.25, 0.3) is 0 Å². The van der Waals surface area contributed by atoms with Gasteiger partial charge in [0.05, 0.1) is 10.5 Å². The van der Waals surface area contributed by atoms with Crippen molar-refractivity contribution < 1.29 is 31.2 Å². The summed E-state index contributed by atoms with van der Waals surface area (Å²) in [5.74, 6) is -0.761. The Bertz CT molecular complexity index is 1330. The Morgan fingerprint density at radius 3 is 2.32 bits per heavy atom. The van der Waals surface area contributed by atoms with Crippen molar-refractivity contribution in [3.63, 3.8) is 0 Å². The molecule has 2 aliphatic heterocycles. The number of carbonyl (C=O) groups excluding carboxylic acids is 2. The number of piperidine rings is 1. The molecule has 2 fully saturated rings. The van der Waals surface area contributed by atoms with Crippen LogP contribution in [0.4, 0.5) is 24.5 Å². The Hall–Kier alpha value is -2.92. The van der Waals surface area contributed by atoms with E-state index in [4.69, 9.17) is 0 Å². The molecule has 1 saturated carbocycles. The first kappa shape index (κ1) is 25.7. The van der Waals surface area contributed by atoms with Crippen molar-refractivity contribution in [3.05, 3.63) is 53.6 Å². The van der Waals surface area contributed by atoms with Crippen molar-refractivity contribution in [2.45, 2.75) is 56.1 Å². The molecule has 2 aromatic rings. The van der Waals surface area contributed by atoms with Crippen LogP contribution in [0.2, 0.25) is 0 Å². The number of alkyl halides is 3. The van der Waals surface area contributed by atoms with Crippen LogP contribution in [-0.2, 0) is 32.2 Å². The van der Waals surface area contributed by atoms with E-state index in [9.17, 15) is 31.2 Å². The number of hydrogen-bond acceptors (Lipinski definition) is 4. The van der Waals surface area contributed by atoms with Gasteiger partial charge < -0.3 is 10.2 Å². The zero-order valence-corrected chi connectivity index (χ0v) is 21.1. The van der Waals surface area contributed by atoms with E-state index in [1.165, 1.54) is 22.5 Å². The number of anilines is 2. The average molecular weight is 536 g/mol. The molecule has 198 valence electrons. The molecule has 2 heterocycles. The molecule has 0 spiro atoms. The van der Waals surface area contributed by atoms with Gasteiger partial charge in [-0.25, -0.2) is 8.42 Å². The smallest absolute Gasteiger partial charge is 0.326 e. The lowest BCUT2D eigenvalue weighted by atomic mass is 9.97. The quantitative estimate of drug-likeness (QED) is 0.614. The fourth-order valence-corrected chi connectivity index (χ4v) is 6.68. The van der Waals surface area contributed by atoms with E-state index in [1.807, 2.05) is 6.92 Å². The second-order valence-electron chi connectivity index (χ2n) is 10.1. The van der Waals surface area contributed by atoms with Crippen molar-refractivity contribution in [1.29, 1.82) is 0 Å². The van der Waals surface area contributed by atoms with E-state index < -0.39 is 33.6 Å². The molecule has 1 saturated heterocycles. The molecular weight excluding hydrogens is 507 g/mol. The fraction of sp³-hybridized carbons (Fsp3) is 0.462. The molecular formula is C26H28F3N3O4S. The highest BCUT2D eigenvalue weighted by Gasteiger charge is 2.40. The van der Waals surface area contributed by atoms with Crippen LogP contribution in [0.3, 0.4) is 0 Å². The van der Waals surface area contributed by atoms with Gasteiger partial charge in [-0.3, -0.25) is 9.59 Å². The second kappa shape index (κ2) is 9.43. The number of nitrogens with zero attached hydrogens (tertiary/aromatic N) is 2. The summed E-state index contributed by atoms with van der Waals surface area (Å²) in [6, 6.07) is 9.30. The summed E-state index contributed by atoms with van der Waals surface area (Å²) in [7, 11) is -3.80. The lowest BCUT2D eigenvalue weighted by Crippen LogP contribution is -2.41. The van der Waals surface area contributed by atoms with Gasteiger partial charge in [-0.15, -0.1) is 0 Å². The Morgan fingerprint density at radius 1 is 0.973 bits per heavy atom. The van der Waals surface area contributed by atoms with Crippen molar-refractivity contribution >= 4 is 33.2 Å². The van der Waals surface area contributed by atoms with Crippen LogP contribution in [-0.4, -0.2) is 43.7 Å². The largest absolute Gasteiger partial charge is 0.416 e. The van der Waals surface area contributed by atoms with E-state index in [0.29, 0.717) is 6.42 Å². The number of fused-ring (bicyclic) bond motifs is 1. The lowest BCUT2D eigenvalue weighted by molar-refractivity contribution is -0.137. The van der Waals surface area contributed by atoms with E-state index in [1.54, 1.807) is 17.0 Å². The Morgan fingerprint density at radius 2 is 1.68 bits per heavy atom. The minimum absolute atomic E-state index is 0.0212. The minimum Gasteiger partial charge on any atom is -0.326 e. The van der Waals surface area contributed by atoms with Crippen LogP contribution >= 0.6 is 0 Å². The van der Waals surface area contributed by atoms with E-state index in [0.717, 1.165) is 36.2 Å². The molecule has 0 bridgehead atoms. The third-order valence-electron chi connectivity index (χ3n) is 7.35. The van der Waals surface area contributed by atoms with Crippen molar-refractivity contribution in [1.82, 2.24) is 4.31 Å². The molecule has 11 heteroatoms. The first-order valence-corrected chi connectivity index (χ1v) is 13.8. The molecule has 0 aromatic heterocycles. The summed E-state index contributed by atoms with van der Waals surface area (Å²) in [5.41, 5.74) is 0.803. The Labute approximate surface area is 213 Å². The monoisotopic (exact) mass is 535 g/mol. The van der Waals surface area contributed by atoms with Gasteiger partial charge in [0.2, 0.25) is 21.8 Å². The van der Waals surface area contributed by atoms with Gasteiger partial charge in [-0.1, -0.05) is 6.07 Å². The summed E-state index contributed by atoms with van der Waals surface area (Å²) in [5, 5.41) is 2.53. The van der Waals surface area contributed by atoms with Gasteiger partial charge in [0, 0.05) is 42.3 Å². The molecule has 5 rings (SSSR count). The number of benzene rings is 2. The summed E-state index contributed by atoms with van der Waals surface area (Å²) in [4.78, 5) is 27.3. The van der Waals surface area contributed by atoms with Gasteiger partial charge in [0.15, 0.2) is 0 Å². The predicted octanol–water partition coefficient (Wildman–Crippen LogP) is 4.43. The standard InChI is InChI=1S/C26H28F3N3O4S/c1-16-13-19-14-22(7-8-23(19)32(16)25(34)18-5-6-18)37(35,36)31-11-9-17(10-12-31)24(33)30-21-4-2-3-20(15-21)26(27,28)29/h2-4,7-8,14-18H,5-6,9-13H2,1H3,(H,30,33)/t16-/m1/s1. The lowest BCUT2D eigenvalue weighted by Gasteiger charge is -2.30. The van der Waals surface area contributed by atoms with Crippen LogP contribution in [0.25, 0.3) is 0 Å². The van der Waals surface area contributed by atoms with Crippen LogP contribution in [0.5, 0.6) is 0 Å². The topological polar surface area (TPSA) is 86.8 Å². The SMILES string of the molecule is C[C@@H]1Cc2cc(S(=O)(=O)N3CCC(C(=O)Nc4cccc(C(F)(F)F)c4)CC3)ccc2N1C(=O)C1CC1. The predicted molar refractivity (Wildman–Crippen MR) is 131 cm³/mol. The molecule has 2 amide bonds. The normalized spacial score (nSPS) is 21.1. The molecule has 3 aliphatic rings. The second-order valence-corrected chi connectivity index (χ2v) is 12.0. The molecule has 2 aromatic carbocycles. The third-order valence-corrected chi connectivity index (χ3v) is 9.25. The van der Waals surface area contributed by atoms with Gasteiger partial charge in [0.1, 0.15) is 0 Å². The molecule has 37 heavy (non-hydrogen) atoms. The van der Waals surface area contributed by atoms with Gasteiger partial charge >= 0.3 is 6.18 Å². The number of nitrogens with one attached hydrogen (secondary N) is 1. The highest BCUT2D eigenvalue weighted by atomic mass is 32.2. The van der Waals surface area contributed by atoms with Crippen LogP contribution in [0.1, 0.15) is 43.7 Å². The maximum atomic E-state index is 13.3. The van der Waals surface area contributed by atoms with Crippen LogP contribution in [0, 0.1) is 11.8 Å². The highest BCUT2D eigenvalue weighted by Crippen LogP contribution is 2.40. The van der Waals surface area contributed by atoms with Crippen molar-refractivity contribution in [2.75, 3.05) is 23.3 Å². The first-order chi connectivity index (χ1) is 17.4. The number of sulfonamides is 1. The Kier molecular flexibility index (Phi) is 6.56. The summed E-state index contributed by atoms with van der Waals surface area (Å²) in [6.45, 7) is 2.22. The van der Waals surface area contributed by atoms with Crippen LogP contribution < -0.4 is 10.2 Å². The van der Waals surface area contributed by atoms with E-state index >= 15 is 0 Å².